The van der Waals surface area contributed by atoms with Gasteiger partial charge in [-0.3, -0.25) is 15.1 Å². The van der Waals surface area contributed by atoms with Gasteiger partial charge in [-0.2, -0.15) is 0 Å². The Kier molecular flexibility index (Phi) is 7.55. The van der Waals surface area contributed by atoms with Crippen LogP contribution in [0.25, 0.3) is 0 Å². The van der Waals surface area contributed by atoms with Gasteiger partial charge in [0.15, 0.2) is 0 Å². The van der Waals surface area contributed by atoms with Gasteiger partial charge in [-0.1, -0.05) is 19.1 Å². The molecule has 1 heterocycles. The molecule has 2 N–H and O–H groups in total. The van der Waals surface area contributed by atoms with Crippen LogP contribution in [0.2, 0.25) is 0 Å². The Labute approximate surface area is 177 Å². The monoisotopic (exact) mass is 402 g/mol. The standard InChI is InChI=1S/C24H26N4O2/c1-3-18-5-9-21(10-6-18)27-24(26-17-19-13-15-25-16-14-19)28-23(29)20-7-11-22(12-8-20)30-4-2/h5-16H,3-4,17H2,1-2H3,(H2,26,27,28,29). The van der Waals surface area contributed by atoms with Crippen LogP contribution in [0, 0.1) is 0 Å². The number of carbonyl (C=O) groups excluding carboxylic acids is 1. The first-order chi connectivity index (χ1) is 14.7. The zero-order valence-corrected chi connectivity index (χ0v) is 17.3. The number of aromatic nitrogens is 1. The fraction of sp³-hybridized carbons (Fsp3) is 0.208. The van der Waals surface area contributed by atoms with E-state index in [-0.39, 0.29) is 5.91 Å². The van der Waals surface area contributed by atoms with Gasteiger partial charge in [0.05, 0.1) is 13.2 Å². The van der Waals surface area contributed by atoms with Crippen LogP contribution < -0.4 is 15.4 Å². The van der Waals surface area contributed by atoms with Crippen LogP contribution in [0.4, 0.5) is 5.69 Å². The van der Waals surface area contributed by atoms with Crippen molar-refractivity contribution in [3.05, 3.63) is 89.7 Å². The summed E-state index contributed by atoms with van der Waals surface area (Å²) in [6, 6.07) is 18.9. The van der Waals surface area contributed by atoms with Gasteiger partial charge in [0.25, 0.3) is 5.91 Å². The first kappa shape index (κ1) is 21.0. The number of benzene rings is 2. The lowest BCUT2D eigenvalue weighted by Crippen LogP contribution is -2.36. The predicted octanol–water partition coefficient (Wildman–Crippen LogP) is 4.44. The Morgan fingerprint density at radius 3 is 2.27 bits per heavy atom. The van der Waals surface area contributed by atoms with Gasteiger partial charge < -0.3 is 10.1 Å². The van der Waals surface area contributed by atoms with E-state index in [0.717, 1.165) is 23.4 Å². The molecule has 0 bridgehead atoms. The van der Waals surface area contributed by atoms with Crippen molar-refractivity contribution in [1.82, 2.24) is 10.3 Å². The zero-order chi connectivity index (χ0) is 21.2. The lowest BCUT2D eigenvalue weighted by molar-refractivity contribution is 0.0977. The summed E-state index contributed by atoms with van der Waals surface area (Å²) in [7, 11) is 0. The van der Waals surface area contributed by atoms with E-state index in [1.165, 1.54) is 5.56 Å². The van der Waals surface area contributed by atoms with Crippen molar-refractivity contribution < 1.29 is 9.53 Å². The minimum Gasteiger partial charge on any atom is -0.494 e. The molecule has 0 saturated heterocycles. The van der Waals surface area contributed by atoms with E-state index in [2.05, 4.69) is 39.7 Å². The molecule has 30 heavy (non-hydrogen) atoms. The lowest BCUT2D eigenvalue weighted by atomic mass is 10.1. The zero-order valence-electron chi connectivity index (χ0n) is 17.3. The van der Waals surface area contributed by atoms with Gasteiger partial charge in [-0.25, -0.2) is 4.99 Å². The number of nitrogens with one attached hydrogen (secondary N) is 2. The van der Waals surface area contributed by atoms with Crippen LogP contribution in [0.5, 0.6) is 5.75 Å². The van der Waals surface area contributed by atoms with Crippen LogP contribution in [-0.4, -0.2) is 23.5 Å². The van der Waals surface area contributed by atoms with Gasteiger partial charge in [-0.05, 0) is 73.0 Å². The molecule has 0 unspecified atom stereocenters. The number of rotatable bonds is 7. The highest BCUT2D eigenvalue weighted by molar-refractivity contribution is 6.10. The number of amides is 1. The Hall–Kier alpha value is -3.67. The van der Waals surface area contributed by atoms with Gasteiger partial charge in [-0.15, -0.1) is 0 Å². The summed E-state index contributed by atoms with van der Waals surface area (Å²) in [4.78, 5) is 21.3. The minimum atomic E-state index is -0.246. The van der Waals surface area contributed by atoms with E-state index in [9.17, 15) is 4.79 Å². The molecule has 0 spiro atoms. The molecule has 0 aliphatic carbocycles. The summed E-state index contributed by atoms with van der Waals surface area (Å²) < 4.78 is 5.43. The molecule has 2 aromatic carbocycles. The smallest absolute Gasteiger partial charge is 0.257 e. The van der Waals surface area contributed by atoms with Crippen LogP contribution >= 0.6 is 0 Å². The van der Waals surface area contributed by atoms with E-state index in [0.29, 0.717) is 24.7 Å². The molecule has 3 aromatic rings. The molecular weight excluding hydrogens is 376 g/mol. The number of hydrogen-bond acceptors (Lipinski definition) is 4. The van der Waals surface area contributed by atoms with E-state index < -0.39 is 0 Å². The summed E-state index contributed by atoms with van der Waals surface area (Å²) in [6.45, 7) is 5.03. The van der Waals surface area contributed by atoms with Crippen LogP contribution in [0.1, 0.15) is 35.3 Å². The van der Waals surface area contributed by atoms with Gasteiger partial charge in [0.1, 0.15) is 5.75 Å². The van der Waals surface area contributed by atoms with Crippen molar-refractivity contribution >= 4 is 17.6 Å². The number of ether oxygens (including phenoxy) is 1. The van der Waals surface area contributed by atoms with Crippen LogP contribution in [0.3, 0.4) is 0 Å². The molecule has 3 rings (SSSR count). The maximum Gasteiger partial charge on any atom is 0.257 e. The van der Waals surface area contributed by atoms with Crippen molar-refractivity contribution in [3.8, 4) is 5.75 Å². The Morgan fingerprint density at radius 2 is 1.63 bits per heavy atom. The van der Waals surface area contributed by atoms with E-state index in [4.69, 9.17) is 4.74 Å². The maximum absolute atomic E-state index is 12.7. The summed E-state index contributed by atoms with van der Waals surface area (Å²) >= 11 is 0. The molecule has 6 nitrogen and oxygen atoms in total. The number of hydrogen-bond donors (Lipinski definition) is 2. The summed E-state index contributed by atoms with van der Waals surface area (Å²) in [5.74, 6) is 0.869. The molecule has 0 aliphatic rings. The fourth-order valence-electron chi connectivity index (χ4n) is 2.78. The predicted molar refractivity (Wildman–Crippen MR) is 120 cm³/mol. The van der Waals surface area contributed by atoms with Crippen molar-refractivity contribution in [2.24, 2.45) is 4.99 Å². The Balaban J connectivity index is 1.75. The maximum atomic E-state index is 12.7. The number of aliphatic imine (C=N–C) groups is 1. The van der Waals surface area contributed by atoms with Gasteiger partial charge >= 0.3 is 0 Å². The van der Waals surface area contributed by atoms with Gasteiger partial charge in [0, 0.05) is 23.6 Å². The average molecular weight is 402 g/mol. The normalized spacial score (nSPS) is 11.1. The highest BCUT2D eigenvalue weighted by atomic mass is 16.5. The molecular formula is C24H26N4O2. The quantitative estimate of drug-likeness (QED) is 0.452. The number of guanidine groups is 1. The number of anilines is 1. The van der Waals surface area contributed by atoms with Crippen molar-refractivity contribution in [2.45, 2.75) is 26.8 Å². The molecule has 1 aromatic heterocycles. The second-order valence-electron chi connectivity index (χ2n) is 6.61. The van der Waals surface area contributed by atoms with E-state index in [1.54, 1.807) is 36.7 Å². The van der Waals surface area contributed by atoms with Crippen LogP contribution in [0.15, 0.2) is 78.0 Å². The Morgan fingerprint density at radius 1 is 0.933 bits per heavy atom. The molecule has 0 aliphatic heterocycles. The first-order valence-electron chi connectivity index (χ1n) is 10.0. The lowest BCUT2D eigenvalue weighted by Gasteiger charge is -2.13. The fourth-order valence-corrected chi connectivity index (χ4v) is 2.78. The second kappa shape index (κ2) is 10.8. The number of nitrogens with zero attached hydrogens (tertiary/aromatic N) is 2. The highest BCUT2D eigenvalue weighted by Crippen LogP contribution is 2.13. The van der Waals surface area contributed by atoms with Crippen molar-refractivity contribution in [2.75, 3.05) is 11.9 Å². The third kappa shape index (κ3) is 6.17. The van der Waals surface area contributed by atoms with E-state index in [1.807, 2.05) is 31.2 Å². The molecule has 1 amide bonds. The molecule has 154 valence electrons. The van der Waals surface area contributed by atoms with Crippen molar-refractivity contribution in [1.29, 1.82) is 0 Å². The second-order valence-corrected chi connectivity index (χ2v) is 6.61. The van der Waals surface area contributed by atoms with Crippen molar-refractivity contribution in [3.63, 3.8) is 0 Å². The molecule has 0 atom stereocenters. The average Bonchev–Trinajstić information content (AvgIpc) is 2.79. The third-order valence-electron chi connectivity index (χ3n) is 4.45. The first-order valence-corrected chi connectivity index (χ1v) is 10.0. The van der Waals surface area contributed by atoms with E-state index >= 15 is 0 Å². The molecule has 0 saturated carbocycles. The Bertz CT molecular complexity index is 968. The topological polar surface area (TPSA) is 75.6 Å². The van der Waals surface area contributed by atoms with Gasteiger partial charge in [0.2, 0.25) is 5.96 Å². The number of carbonyl (C=O) groups is 1. The molecule has 0 fully saturated rings. The number of aryl methyl sites for hydroxylation is 1. The molecule has 6 heteroatoms. The summed E-state index contributed by atoms with van der Waals surface area (Å²) in [6.07, 6.45) is 4.41. The minimum absolute atomic E-state index is 0.246. The number of pyridine rings is 1. The third-order valence-corrected chi connectivity index (χ3v) is 4.45. The summed E-state index contributed by atoms with van der Waals surface area (Å²) in [5, 5.41) is 6.09. The summed E-state index contributed by atoms with van der Waals surface area (Å²) in [5.41, 5.74) is 3.63. The molecule has 0 radical (unpaired) electrons. The highest BCUT2D eigenvalue weighted by Gasteiger charge is 2.10. The largest absolute Gasteiger partial charge is 0.494 e. The van der Waals surface area contributed by atoms with Crippen LogP contribution in [-0.2, 0) is 13.0 Å². The SMILES string of the molecule is CCOc1ccc(C(=O)NC(=NCc2ccncc2)Nc2ccc(CC)cc2)cc1.